The minimum atomic E-state index is -3.81. The predicted molar refractivity (Wildman–Crippen MR) is 152 cm³/mol. The lowest BCUT2D eigenvalue weighted by Gasteiger charge is -2.06. The van der Waals surface area contributed by atoms with Gasteiger partial charge in [-0.1, -0.05) is 168 Å². The molecular formula is C30H62O4S. The summed E-state index contributed by atoms with van der Waals surface area (Å²) in [5, 5.41) is 0. The maximum Gasteiger partial charge on any atom is 0.399 e. The van der Waals surface area contributed by atoms with E-state index in [1.165, 1.54) is 135 Å². The van der Waals surface area contributed by atoms with Crippen LogP contribution in [0.1, 0.15) is 181 Å². The fourth-order valence-corrected chi connectivity index (χ4v) is 5.31. The maximum absolute atomic E-state index is 11.8. The number of hydrogen-bond acceptors (Lipinski definition) is 4. The second-order valence-corrected chi connectivity index (χ2v) is 11.8. The zero-order valence-electron chi connectivity index (χ0n) is 23.8. The molecule has 0 aromatic heterocycles. The Hall–Kier alpha value is -0.130. The first-order valence-corrected chi connectivity index (χ1v) is 17.0. The summed E-state index contributed by atoms with van der Waals surface area (Å²) in [6.07, 6.45) is 33.1. The Morgan fingerprint density at radius 2 is 0.543 bits per heavy atom. The van der Waals surface area contributed by atoms with Gasteiger partial charge in [-0.3, -0.25) is 0 Å². The molecule has 0 unspecified atom stereocenters. The Morgan fingerprint density at radius 1 is 0.343 bits per heavy atom. The average Bonchev–Trinajstić information content (AvgIpc) is 2.84. The van der Waals surface area contributed by atoms with Gasteiger partial charge in [0, 0.05) is 0 Å². The van der Waals surface area contributed by atoms with Crippen LogP contribution in [-0.4, -0.2) is 21.6 Å². The molecule has 35 heavy (non-hydrogen) atoms. The largest absolute Gasteiger partial charge is 0.399 e. The van der Waals surface area contributed by atoms with Crippen molar-refractivity contribution in [1.29, 1.82) is 0 Å². The molecule has 0 saturated heterocycles. The van der Waals surface area contributed by atoms with Crippen LogP contribution in [0.15, 0.2) is 0 Å². The quantitative estimate of drug-likeness (QED) is 0.0887. The van der Waals surface area contributed by atoms with E-state index in [0.29, 0.717) is 0 Å². The van der Waals surface area contributed by atoms with Crippen molar-refractivity contribution in [1.82, 2.24) is 0 Å². The Labute approximate surface area is 221 Å². The predicted octanol–water partition coefficient (Wildman–Crippen LogP) is 10.4. The molecular weight excluding hydrogens is 456 g/mol. The van der Waals surface area contributed by atoms with Crippen molar-refractivity contribution in [2.45, 2.75) is 181 Å². The highest BCUT2D eigenvalue weighted by atomic mass is 32.3. The molecule has 4 nitrogen and oxygen atoms in total. The first-order valence-electron chi connectivity index (χ1n) is 15.7. The van der Waals surface area contributed by atoms with Crippen molar-refractivity contribution in [3.63, 3.8) is 0 Å². The summed E-state index contributed by atoms with van der Waals surface area (Å²) in [5.74, 6) is 0. The summed E-state index contributed by atoms with van der Waals surface area (Å²) < 4.78 is 33.6. The molecule has 0 aliphatic rings. The molecule has 212 valence electrons. The summed E-state index contributed by atoms with van der Waals surface area (Å²) in [5.41, 5.74) is 0. The maximum atomic E-state index is 11.8. The topological polar surface area (TPSA) is 52.6 Å². The van der Waals surface area contributed by atoms with E-state index >= 15 is 0 Å². The Kier molecular flexibility index (Phi) is 28.3. The van der Waals surface area contributed by atoms with Crippen molar-refractivity contribution < 1.29 is 16.8 Å². The SMILES string of the molecule is CCCCCCCCCCCCCCCCCCOS(=O)(=O)OCCCCCCCCCCCC. The molecule has 0 aliphatic heterocycles. The lowest BCUT2D eigenvalue weighted by atomic mass is 10.0. The van der Waals surface area contributed by atoms with E-state index in [1.807, 2.05) is 0 Å². The van der Waals surface area contributed by atoms with Crippen LogP contribution in [0.3, 0.4) is 0 Å². The second kappa shape index (κ2) is 28.4. The normalized spacial score (nSPS) is 11.9. The van der Waals surface area contributed by atoms with Gasteiger partial charge < -0.3 is 0 Å². The van der Waals surface area contributed by atoms with Crippen molar-refractivity contribution in [2.75, 3.05) is 13.2 Å². The minimum Gasteiger partial charge on any atom is -0.248 e. The first-order chi connectivity index (χ1) is 17.1. The van der Waals surface area contributed by atoms with Crippen LogP contribution in [0.4, 0.5) is 0 Å². The van der Waals surface area contributed by atoms with E-state index in [9.17, 15) is 8.42 Å². The smallest absolute Gasteiger partial charge is 0.248 e. The zero-order valence-corrected chi connectivity index (χ0v) is 24.7. The molecule has 0 fully saturated rings. The molecule has 0 radical (unpaired) electrons. The van der Waals surface area contributed by atoms with Gasteiger partial charge in [-0.05, 0) is 12.8 Å². The summed E-state index contributed by atoms with van der Waals surface area (Å²) >= 11 is 0. The van der Waals surface area contributed by atoms with Gasteiger partial charge in [-0.25, -0.2) is 8.37 Å². The fourth-order valence-electron chi connectivity index (χ4n) is 4.60. The van der Waals surface area contributed by atoms with Gasteiger partial charge in [0.05, 0.1) is 13.2 Å². The van der Waals surface area contributed by atoms with E-state index < -0.39 is 10.4 Å². The summed E-state index contributed by atoms with van der Waals surface area (Å²) in [6, 6.07) is 0. The van der Waals surface area contributed by atoms with E-state index in [0.717, 1.165) is 32.1 Å². The van der Waals surface area contributed by atoms with E-state index in [4.69, 9.17) is 8.37 Å². The standard InChI is InChI=1S/C30H62O4S/c1-3-5-7-9-11-13-15-16-17-18-19-20-22-24-26-28-30-34-35(31,32)33-29-27-25-23-21-14-12-10-8-6-4-2/h3-30H2,1-2H3. The summed E-state index contributed by atoms with van der Waals surface area (Å²) in [6.45, 7) is 5.02. The van der Waals surface area contributed by atoms with Gasteiger partial charge in [0.1, 0.15) is 0 Å². The highest BCUT2D eigenvalue weighted by Gasteiger charge is 2.11. The third kappa shape index (κ3) is 30.0. The van der Waals surface area contributed by atoms with Gasteiger partial charge >= 0.3 is 10.4 Å². The fraction of sp³-hybridized carbons (Fsp3) is 1.00. The van der Waals surface area contributed by atoms with Crippen LogP contribution >= 0.6 is 0 Å². The van der Waals surface area contributed by atoms with Gasteiger partial charge in [0.2, 0.25) is 0 Å². The molecule has 0 amide bonds. The molecule has 0 spiro atoms. The van der Waals surface area contributed by atoms with E-state index in [-0.39, 0.29) is 13.2 Å². The Balaban J connectivity index is 3.28. The molecule has 0 saturated carbocycles. The summed E-state index contributed by atoms with van der Waals surface area (Å²) in [4.78, 5) is 0. The molecule has 0 bridgehead atoms. The zero-order chi connectivity index (χ0) is 25.7. The second-order valence-electron chi connectivity index (χ2n) is 10.5. The minimum absolute atomic E-state index is 0.248. The first kappa shape index (κ1) is 34.9. The highest BCUT2D eigenvalue weighted by molar-refractivity contribution is 7.81. The van der Waals surface area contributed by atoms with Crippen LogP contribution in [0, 0.1) is 0 Å². The van der Waals surface area contributed by atoms with Crippen LogP contribution in [0.25, 0.3) is 0 Å². The van der Waals surface area contributed by atoms with Crippen molar-refractivity contribution in [3.8, 4) is 0 Å². The molecule has 0 heterocycles. The molecule has 0 aliphatic carbocycles. The van der Waals surface area contributed by atoms with E-state index in [1.54, 1.807) is 0 Å². The van der Waals surface area contributed by atoms with Crippen LogP contribution in [0.2, 0.25) is 0 Å². The lowest BCUT2D eigenvalue weighted by molar-refractivity contribution is 0.208. The number of hydrogen-bond donors (Lipinski definition) is 0. The molecule has 0 aromatic carbocycles. The van der Waals surface area contributed by atoms with Crippen molar-refractivity contribution in [3.05, 3.63) is 0 Å². The molecule has 0 rings (SSSR count). The third-order valence-corrected chi connectivity index (χ3v) is 7.86. The van der Waals surface area contributed by atoms with Gasteiger partial charge in [0.15, 0.2) is 0 Å². The molecule has 5 heteroatoms. The summed E-state index contributed by atoms with van der Waals surface area (Å²) in [7, 11) is -3.81. The number of unbranched alkanes of at least 4 members (excludes halogenated alkanes) is 24. The average molecular weight is 519 g/mol. The Morgan fingerprint density at radius 3 is 0.771 bits per heavy atom. The molecule has 0 atom stereocenters. The van der Waals surface area contributed by atoms with Gasteiger partial charge in [-0.15, -0.1) is 0 Å². The van der Waals surface area contributed by atoms with Gasteiger partial charge in [-0.2, -0.15) is 8.42 Å². The third-order valence-electron chi connectivity index (χ3n) is 6.95. The molecule has 0 N–H and O–H groups in total. The van der Waals surface area contributed by atoms with Crippen LogP contribution in [0.5, 0.6) is 0 Å². The monoisotopic (exact) mass is 518 g/mol. The molecule has 0 aromatic rings. The van der Waals surface area contributed by atoms with Crippen molar-refractivity contribution >= 4 is 10.4 Å². The van der Waals surface area contributed by atoms with Crippen LogP contribution < -0.4 is 0 Å². The van der Waals surface area contributed by atoms with Crippen molar-refractivity contribution in [2.24, 2.45) is 0 Å². The highest BCUT2D eigenvalue weighted by Crippen LogP contribution is 2.14. The van der Waals surface area contributed by atoms with Crippen LogP contribution in [-0.2, 0) is 18.8 Å². The van der Waals surface area contributed by atoms with E-state index in [2.05, 4.69) is 13.8 Å². The Bertz CT molecular complexity index is 493. The lowest BCUT2D eigenvalue weighted by Crippen LogP contribution is -2.12. The van der Waals surface area contributed by atoms with Gasteiger partial charge in [0.25, 0.3) is 0 Å². The number of rotatable bonds is 30.